The molecule has 0 spiro atoms. The molecular formula is C23H20N2O4S. The maximum atomic E-state index is 13.5. The zero-order valence-corrected chi connectivity index (χ0v) is 17.0. The van der Waals surface area contributed by atoms with Crippen molar-refractivity contribution in [1.29, 1.82) is 0 Å². The van der Waals surface area contributed by atoms with E-state index in [0.29, 0.717) is 11.4 Å². The van der Waals surface area contributed by atoms with Crippen molar-refractivity contribution in [3.63, 3.8) is 0 Å². The number of carbonyl (C=O) groups excluding carboxylic acids is 2. The number of amides is 2. The van der Waals surface area contributed by atoms with E-state index in [0.717, 1.165) is 10.5 Å². The number of rotatable bonds is 6. The zero-order chi connectivity index (χ0) is 21.1. The van der Waals surface area contributed by atoms with Gasteiger partial charge in [0, 0.05) is 12.8 Å². The van der Waals surface area contributed by atoms with Crippen molar-refractivity contribution < 1.29 is 18.0 Å². The van der Waals surface area contributed by atoms with Gasteiger partial charge in [-0.1, -0.05) is 48.5 Å². The van der Waals surface area contributed by atoms with Crippen LogP contribution < -0.4 is 9.21 Å². The lowest BCUT2D eigenvalue weighted by atomic mass is 10.2. The van der Waals surface area contributed by atoms with Gasteiger partial charge in [0.15, 0.2) is 0 Å². The van der Waals surface area contributed by atoms with Crippen molar-refractivity contribution >= 4 is 33.2 Å². The second-order valence-electron chi connectivity index (χ2n) is 6.95. The molecule has 1 saturated heterocycles. The highest BCUT2D eigenvalue weighted by molar-refractivity contribution is 7.92. The van der Waals surface area contributed by atoms with Gasteiger partial charge in [0.25, 0.3) is 10.0 Å². The summed E-state index contributed by atoms with van der Waals surface area (Å²) in [6.07, 6.45) is 0.357. The summed E-state index contributed by atoms with van der Waals surface area (Å²) in [5, 5.41) is 0. The maximum absolute atomic E-state index is 13.5. The molecule has 152 valence electrons. The van der Waals surface area contributed by atoms with Crippen LogP contribution in [0.4, 0.5) is 11.4 Å². The summed E-state index contributed by atoms with van der Waals surface area (Å²) in [6, 6.07) is 24.1. The lowest BCUT2D eigenvalue weighted by Crippen LogP contribution is -2.31. The van der Waals surface area contributed by atoms with Gasteiger partial charge < -0.3 is 0 Å². The predicted octanol–water partition coefficient (Wildman–Crippen LogP) is 3.74. The normalized spacial score (nSPS) is 14.2. The fourth-order valence-electron chi connectivity index (χ4n) is 3.42. The molecule has 1 aliphatic heterocycles. The van der Waals surface area contributed by atoms with Gasteiger partial charge in [-0.2, -0.15) is 0 Å². The molecule has 0 bridgehead atoms. The van der Waals surface area contributed by atoms with Gasteiger partial charge in [-0.05, 0) is 42.0 Å². The molecule has 4 rings (SSSR count). The topological polar surface area (TPSA) is 74.8 Å². The average Bonchev–Trinajstić information content (AvgIpc) is 3.11. The van der Waals surface area contributed by atoms with Gasteiger partial charge in [-0.25, -0.2) is 8.42 Å². The van der Waals surface area contributed by atoms with E-state index in [1.807, 2.05) is 36.4 Å². The molecule has 30 heavy (non-hydrogen) atoms. The molecule has 1 fully saturated rings. The van der Waals surface area contributed by atoms with Crippen LogP contribution in [0.5, 0.6) is 0 Å². The summed E-state index contributed by atoms with van der Waals surface area (Å²) in [7, 11) is -3.87. The number of imide groups is 1. The first kappa shape index (κ1) is 19.8. The first-order valence-electron chi connectivity index (χ1n) is 9.54. The van der Waals surface area contributed by atoms with Crippen molar-refractivity contribution in [2.24, 2.45) is 0 Å². The van der Waals surface area contributed by atoms with Crippen molar-refractivity contribution in [2.45, 2.75) is 24.3 Å². The molecule has 0 radical (unpaired) electrons. The summed E-state index contributed by atoms with van der Waals surface area (Å²) in [6.45, 7) is 0.179. The summed E-state index contributed by atoms with van der Waals surface area (Å²) in [5.41, 5.74) is 1.79. The second-order valence-corrected chi connectivity index (χ2v) is 8.81. The Kier molecular flexibility index (Phi) is 5.37. The van der Waals surface area contributed by atoms with Crippen molar-refractivity contribution in [1.82, 2.24) is 0 Å². The molecule has 0 N–H and O–H groups in total. The van der Waals surface area contributed by atoms with Crippen LogP contribution in [0.25, 0.3) is 0 Å². The van der Waals surface area contributed by atoms with E-state index in [-0.39, 0.29) is 36.1 Å². The molecule has 0 aliphatic carbocycles. The Balaban J connectivity index is 1.69. The number of sulfonamides is 1. The third-order valence-electron chi connectivity index (χ3n) is 4.95. The molecule has 2 amide bonds. The maximum Gasteiger partial charge on any atom is 0.264 e. The average molecular weight is 420 g/mol. The van der Waals surface area contributed by atoms with Crippen LogP contribution in [0.1, 0.15) is 18.4 Å². The quantitative estimate of drug-likeness (QED) is 0.570. The van der Waals surface area contributed by atoms with E-state index >= 15 is 0 Å². The van der Waals surface area contributed by atoms with Gasteiger partial charge >= 0.3 is 0 Å². The van der Waals surface area contributed by atoms with Crippen molar-refractivity contribution in [2.75, 3.05) is 9.21 Å². The van der Waals surface area contributed by atoms with E-state index in [1.54, 1.807) is 24.3 Å². The highest BCUT2D eigenvalue weighted by atomic mass is 32.2. The van der Waals surface area contributed by atoms with E-state index in [4.69, 9.17) is 0 Å². The minimum atomic E-state index is -3.87. The van der Waals surface area contributed by atoms with Crippen LogP contribution in [0.3, 0.4) is 0 Å². The number of benzene rings is 3. The third kappa shape index (κ3) is 3.84. The smallest absolute Gasteiger partial charge is 0.264 e. The Morgan fingerprint density at radius 2 is 1.27 bits per heavy atom. The first-order chi connectivity index (χ1) is 14.5. The highest BCUT2D eigenvalue weighted by Crippen LogP contribution is 2.28. The lowest BCUT2D eigenvalue weighted by molar-refractivity contribution is -0.121. The predicted molar refractivity (Wildman–Crippen MR) is 114 cm³/mol. The molecule has 1 aliphatic rings. The summed E-state index contributed by atoms with van der Waals surface area (Å²) in [4.78, 5) is 25.1. The minimum absolute atomic E-state index is 0.0881. The monoisotopic (exact) mass is 420 g/mol. The third-order valence-corrected chi connectivity index (χ3v) is 6.74. The molecule has 1 heterocycles. The number of hydrogen-bond acceptors (Lipinski definition) is 4. The fourth-order valence-corrected chi connectivity index (χ4v) is 4.87. The number of carbonyl (C=O) groups is 2. The largest absolute Gasteiger partial charge is 0.274 e. The van der Waals surface area contributed by atoms with Crippen molar-refractivity contribution in [3.05, 3.63) is 90.5 Å². The molecule has 0 atom stereocenters. The van der Waals surface area contributed by atoms with Crippen LogP contribution in [0, 0.1) is 0 Å². The van der Waals surface area contributed by atoms with Gasteiger partial charge in [-0.15, -0.1) is 0 Å². The molecule has 6 nitrogen and oxygen atoms in total. The molecular weight excluding hydrogens is 400 g/mol. The fraction of sp³-hybridized carbons (Fsp3) is 0.130. The second kappa shape index (κ2) is 8.12. The van der Waals surface area contributed by atoms with E-state index in [2.05, 4.69) is 0 Å². The summed E-state index contributed by atoms with van der Waals surface area (Å²) < 4.78 is 28.3. The molecule has 7 heteroatoms. The number of hydrogen-bond donors (Lipinski definition) is 0. The SMILES string of the molecule is O=C1CCC(=O)N1c1ccc(S(=O)(=O)N(Cc2ccccc2)c2ccccc2)cc1. The van der Waals surface area contributed by atoms with E-state index < -0.39 is 10.0 Å². The number of anilines is 2. The number of para-hydroxylation sites is 1. The summed E-state index contributed by atoms with van der Waals surface area (Å²) in [5.74, 6) is -0.545. The van der Waals surface area contributed by atoms with Gasteiger partial charge in [0.1, 0.15) is 0 Å². The van der Waals surface area contributed by atoms with Crippen LogP contribution >= 0.6 is 0 Å². The van der Waals surface area contributed by atoms with Gasteiger partial charge in [-0.3, -0.25) is 18.8 Å². The number of nitrogens with zero attached hydrogens (tertiary/aromatic N) is 2. The Hall–Kier alpha value is -3.45. The highest BCUT2D eigenvalue weighted by Gasteiger charge is 2.31. The Morgan fingerprint density at radius 3 is 1.83 bits per heavy atom. The standard InChI is InChI=1S/C23H20N2O4S/c26-22-15-16-23(27)25(22)20-11-13-21(14-12-20)30(28,29)24(19-9-5-2-6-10-19)17-18-7-3-1-4-8-18/h1-14H,15-17H2. The molecule has 0 unspecified atom stereocenters. The lowest BCUT2D eigenvalue weighted by Gasteiger charge is -2.25. The van der Waals surface area contributed by atoms with E-state index in [1.165, 1.54) is 28.6 Å². The first-order valence-corrected chi connectivity index (χ1v) is 11.0. The van der Waals surface area contributed by atoms with Crippen molar-refractivity contribution in [3.8, 4) is 0 Å². The van der Waals surface area contributed by atoms with E-state index in [9.17, 15) is 18.0 Å². The van der Waals surface area contributed by atoms with Gasteiger partial charge in [0.2, 0.25) is 11.8 Å². The molecule has 3 aromatic rings. The summed E-state index contributed by atoms with van der Waals surface area (Å²) >= 11 is 0. The Labute approximate surface area is 175 Å². The molecule has 0 saturated carbocycles. The molecule has 3 aromatic carbocycles. The molecule has 0 aromatic heterocycles. The Bertz CT molecular complexity index is 1140. The minimum Gasteiger partial charge on any atom is -0.274 e. The van der Waals surface area contributed by atoms with Crippen LogP contribution in [0.15, 0.2) is 89.8 Å². The zero-order valence-electron chi connectivity index (χ0n) is 16.1. The Morgan fingerprint density at radius 1 is 0.733 bits per heavy atom. The van der Waals surface area contributed by atoms with Crippen LogP contribution in [-0.2, 0) is 26.2 Å². The van der Waals surface area contributed by atoms with Crippen LogP contribution in [-0.4, -0.2) is 20.2 Å². The van der Waals surface area contributed by atoms with Gasteiger partial charge in [0.05, 0.1) is 22.8 Å². The van der Waals surface area contributed by atoms with Crippen LogP contribution in [0.2, 0.25) is 0 Å².